The van der Waals surface area contributed by atoms with Gasteiger partial charge in [-0.1, -0.05) is 0 Å². The topological polar surface area (TPSA) is 88.1 Å². The van der Waals surface area contributed by atoms with Gasteiger partial charge in [0, 0.05) is 19.5 Å². The summed E-state index contributed by atoms with van der Waals surface area (Å²) in [6.45, 7) is 2.13. The number of halogens is 1. The third-order valence-corrected chi connectivity index (χ3v) is 3.75. The van der Waals surface area contributed by atoms with Crippen LogP contribution < -0.4 is 11.3 Å². The lowest BCUT2D eigenvalue weighted by Gasteiger charge is -2.26. The van der Waals surface area contributed by atoms with Crippen LogP contribution in [0.5, 0.6) is 0 Å². The van der Waals surface area contributed by atoms with E-state index in [4.69, 9.17) is 10.2 Å². The molecule has 0 radical (unpaired) electrons. The number of hydrogen-bond donors (Lipinski definition) is 2. The molecule has 6 nitrogen and oxygen atoms in total. The van der Waals surface area contributed by atoms with E-state index in [1.807, 2.05) is 12.1 Å². The van der Waals surface area contributed by atoms with Crippen molar-refractivity contribution in [1.82, 2.24) is 14.9 Å². The zero-order chi connectivity index (χ0) is 13.4. The number of aromatic nitrogens is 2. The van der Waals surface area contributed by atoms with Crippen LogP contribution in [0.25, 0.3) is 0 Å². The number of anilines is 1. The lowest BCUT2D eigenvalue weighted by Crippen LogP contribution is -2.35. The molecule has 3 heterocycles. The second-order valence-electron chi connectivity index (χ2n) is 4.54. The van der Waals surface area contributed by atoms with Crippen LogP contribution in [0.3, 0.4) is 0 Å². The maximum Gasteiger partial charge on any atom is 0.257 e. The van der Waals surface area contributed by atoms with Crippen LogP contribution in [0.4, 0.5) is 5.95 Å². The van der Waals surface area contributed by atoms with Crippen LogP contribution in [0, 0.1) is 3.77 Å². The average molecular weight is 372 g/mol. The van der Waals surface area contributed by atoms with Crippen LogP contribution >= 0.6 is 22.6 Å². The van der Waals surface area contributed by atoms with Crippen LogP contribution in [0.1, 0.15) is 17.0 Å². The van der Waals surface area contributed by atoms with Gasteiger partial charge in [-0.3, -0.25) is 14.7 Å². The SMILES string of the molecule is Nc1nc2c(c(=O)[nH]1)CN(Cc1ccc(I)o1)CC2. The molecule has 2 aromatic heterocycles. The highest BCUT2D eigenvalue weighted by molar-refractivity contribution is 14.1. The lowest BCUT2D eigenvalue weighted by atomic mass is 10.1. The van der Waals surface area contributed by atoms with Gasteiger partial charge in [0.15, 0.2) is 3.77 Å². The molecule has 0 amide bonds. The first-order chi connectivity index (χ1) is 9.11. The summed E-state index contributed by atoms with van der Waals surface area (Å²) < 4.78 is 6.42. The van der Waals surface area contributed by atoms with Gasteiger partial charge in [-0.15, -0.1) is 0 Å². The number of nitrogens with one attached hydrogen (secondary N) is 1. The Morgan fingerprint density at radius 2 is 2.37 bits per heavy atom. The molecule has 0 aliphatic carbocycles. The summed E-state index contributed by atoms with van der Waals surface area (Å²) in [5.74, 6) is 1.10. The van der Waals surface area contributed by atoms with E-state index >= 15 is 0 Å². The van der Waals surface area contributed by atoms with Crippen LogP contribution in [-0.2, 0) is 19.5 Å². The molecule has 0 saturated carbocycles. The van der Waals surface area contributed by atoms with Crippen LogP contribution in [0.2, 0.25) is 0 Å². The highest BCUT2D eigenvalue weighted by Gasteiger charge is 2.21. The smallest absolute Gasteiger partial charge is 0.257 e. The zero-order valence-electron chi connectivity index (χ0n) is 10.1. The first kappa shape index (κ1) is 12.7. The Hall–Kier alpha value is -1.35. The Labute approximate surface area is 123 Å². The van der Waals surface area contributed by atoms with E-state index in [0.717, 1.165) is 28.2 Å². The molecule has 3 N–H and O–H groups in total. The van der Waals surface area contributed by atoms with Crippen molar-refractivity contribution in [2.75, 3.05) is 12.3 Å². The molecule has 1 aliphatic rings. The number of furan rings is 1. The minimum atomic E-state index is -0.138. The summed E-state index contributed by atoms with van der Waals surface area (Å²) in [6.07, 6.45) is 0.737. The predicted octanol–water partition coefficient (Wildman–Crippen LogP) is 1.11. The Morgan fingerprint density at radius 1 is 1.53 bits per heavy atom. The fourth-order valence-corrected chi connectivity index (χ4v) is 2.75. The van der Waals surface area contributed by atoms with Crippen LogP contribution in [0.15, 0.2) is 21.3 Å². The first-order valence-electron chi connectivity index (χ1n) is 5.96. The quantitative estimate of drug-likeness (QED) is 0.772. The summed E-state index contributed by atoms with van der Waals surface area (Å²) >= 11 is 2.14. The van der Waals surface area contributed by atoms with Crippen LogP contribution in [-0.4, -0.2) is 21.4 Å². The van der Waals surface area contributed by atoms with Crippen molar-refractivity contribution in [1.29, 1.82) is 0 Å². The van der Waals surface area contributed by atoms with E-state index in [-0.39, 0.29) is 11.5 Å². The number of nitrogen functional groups attached to an aromatic ring is 1. The molecule has 0 bridgehead atoms. The van der Waals surface area contributed by atoms with Gasteiger partial charge >= 0.3 is 0 Å². The van der Waals surface area contributed by atoms with Gasteiger partial charge in [-0.25, -0.2) is 4.98 Å². The third-order valence-electron chi connectivity index (χ3n) is 3.17. The van der Waals surface area contributed by atoms with Crippen molar-refractivity contribution >= 4 is 28.5 Å². The number of fused-ring (bicyclic) bond motifs is 1. The summed E-state index contributed by atoms with van der Waals surface area (Å²) in [4.78, 5) is 20.8. The molecule has 0 saturated heterocycles. The molecule has 19 heavy (non-hydrogen) atoms. The first-order valence-corrected chi connectivity index (χ1v) is 7.04. The van der Waals surface area contributed by atoms with Gasteiger partial charge in [-0.05, 0) is 34.7 Å². The second-order valence-corrected chi connectivity index (χ2v) is 5.61. The van der Waals surface area contributed by atoms with E-state index < -0.39 is 0 Å². The molecular weight excluding hydrogens is 359 g/mol. The Balaban J connectivity index is 1.80. The lowest BCUT2D eigenvalue weighted by molar-refractivity contribution is 0.221. The van der Waals surface area contributed by atoms with E-state index in [0.29, 0.717) is 18.7 Å². The maximum atomic E-state index is 11.9. The standard InChI is InChI=1S/C12H13IN4O2/c13-10-2-1-7(19-10)5-17-4-3-9-8(6-17)11(18)16-12(14)15-9/h1-2H,3-6H2,(H3,14,15,16,18). The highest BCUT2D eigenvalue weighted by atomic mass is 127. The van der Waals surface area contributed by atoms with Gasteiger partial charge in [0.25, 0.3) is 5.56 Å². The summed E-state index contributed by atoms with van der Waals surface area (Å²) in [6, 6.07) is 3.89. The fourth-order valence-electron chi connectivity index (χ4n) is 2.29. The van der Waals surface area contributed by atoms with E-state index in [2.05, 4.69) is 37.5 Å². The largest absolute Gasteiger partial charge is 0.454 e. The fraction of sp³-hybridized carbons (Fsp3) is 0.333. The molecule has 3 rings (SSSR count). The number of hydrogen-bond acceptors (Lipinski definition) is 5. The van der Waals surface area contributed by atoms with E-state index in [1.165, 1.54) is 0 Å². The Kier molecular flexibility index (Phi) is 3.31. The van der Waals surface area contributed by atoms with Crippen molar-refractivity contribution in [3.8, 4) is 0 Å². The molecule has 0 fully saturated rings. The molecule has 7 heteroatoms. The molecule has 0 spiro atoms. The van der Waals surface area contributed by atoms with Crippen molar-refractivity contribution in [3.05, 3.63) is 43.3 Å². The van der Waals surface area contributed by atoms with Crippen molar-refractivity contribution in [3.63, 3.8) is 0 Å². The number of nitrogens with zero attached hydrogens (tertiary/aromatic N) is 2. The number of H-pyrrole nitrogens is 1. The average Bonchev–Trinajstić information content (AvgIpc) is 2.75. The Bertz CT molecular complexity index is 664. The maximum absolute atomic E-state index is 11.9. The molecule has 0 aromatic carbocycles. The minimum Gasteiger partial charge on any atom is -0.454 e. The summed E-state index contributed by atoms with van der Waals surface area (Å²) in [5, 5.41) is 0. The van der Waals surface area contributed by atoms with Crippen molar-refractivity contribution in [2.24, 2.45) is 0 Å². The molecule has 0 atom stereocenters. The van der Waals surface area contributed by atoms with Crippen molar-refractivity contribution < 1.29 is 4.42 Å². The van der Waals surface area contributed by atoms with E-state index in [1.54, 1.807) is 0 Å². The number of nitrogens with two attached hydrogens (primary N) is 1. The van der Waals surface area contributed by atoms with Crippen molar-refractivity contribution in [2.45, 2.75) is 19.5 Å². The van der Waals surface area contributed by atoms with E-state index in [9.17, 15) is 4.79 Å². The molecule has 1 aliphatic heterocycles. The number of rotatable bonds is 2. The second kappa shape index (κ2) is 4.97. The molecule has 2 aromatic rings. The van der Waals surface area contributed by atoms with Gasteiger partial charge in [0.1, 0.15) is 5.76 Å². The minimum absolute atomic E-state index is 0.138. The monoisotopic (exact) mass is 372 g/mol. The third kappa shape index (κ3) is 2.66. The normalized spacial score (nSPS) is 15.4. The number of aromatic amines is 1. The summed E-state index contributed by atoms with van der Waals surface area (Å²) in [7, 11) is 0. The zero-order valence-corrected chi connectivity index (χ0v) is 12.3. The van der Waals surface area contributed by atoms with Gasteiger partial charge in [0.05, 0.1) is 17.8 Å². The molecule has 100 valence electrons. The van der Waals surface area contributed by atoms with Gasteiger partial charge in [-0.2, -0.15) is 0 Å². The Morgan fingerprint density at radius 3 is 3.11 bits per heavy atom. The molecular formula is C12H13IN4O2. The summed E-state index contributed by atoms with van der Waals surface area (Å²) in [5.41, 5.74) is 6.93. The highest BCUT2D eigenvalue weighted by Crippen LogP contribution is 2.18. The molecule has 0 unspecified atom stereocenters. The predicted molar refractivity (Wildman–Crippen MR) is 78.5 cm³/mol. The van der Waals surface area contributed by atoms with Gasteiger partial charge < -0.3 is 10.2 Å². The van der Waals surface area contributed by atoms with Gasteiger partial charge in [0.2, 0.25) is 5.95 Å².